The molecule has 21 heavy (non-hydrogen) atoms. The maximum Gasteiger partial charge on any atom is 0.337 e. The molecule has 1 heterocycles. The number of hydrogen-bond donors (Lipinski definition) is 1. The highest BCUT2D eigenvalue weighted by Gasteiger charge is 2.06. The number of carbonyl (C=O) groups is 2. The van der Waals surface area contributed by atoms with Crippen LogP contribution in [0.1, 0.15) is 27.9 Å². The average molecular weight is 303 g/mol. The number of methoxy groups -OCH3 is 1. The summed E-state index contributed by atoms with van der Waals surface area (Å²) in [6, 6.07) is 9.04. The lowest BCUT2D eigenvalue weighted by Crippen LogP contribution is -2.22. The number of esters is 1. The van der Waals surface area contributed by atoms with E-state index in [1.807, 2.05) is 23.6 Å². The molecular formula is C16H17NO3S. The third-order valence-electron chi connectivity index (χ3n) is 3.09. The number of benzene rings is 1. The van der Waals surface area contributed by atoms with Gasteiger partial charge in [-0.15, -0.1) is 0 Å². The van der Waals surface area contributed by atoms with Crippen LogP contribution >= 0.6 is 11.3 Å². The van der Waals surface area contributed by atoms with Crippen molar-refractivity contribution in [2.24, 2.45) is 0 Å². The van der Waals surface area contributed by atoms with Crippen molar-refractivity contribution in [3.05, 3.63) is 57.8 Å². The lowest BCUT2D eigenvalue weighted by Gasteiger charge is -2.06. The first-order valence-corrected chi connectivity index (χ1v) is 7.58. The first-order chi connectivity index (χ1) is 10.2. The van der Waals surface area contributed by atoms with Gasteiger partial charge in [-0.25, -0.2) is 4.79 Å². The maximum absolute atomic E-state index is 11.8. The van der Waals surface area contributed by atoms with E-state index in [0.29, 0.717) is 18.5 Å². The smallest absolute Gasteiger partial charge is 0.337 e. The Balaban J connectivity index is 1.77. The van der Waals surface area contributed by atoms with Crippen molar-refractivity contribution < 1.29 is 14.3 Å². The van der Waals surface area contributed by atoms with E-state index in [1.54, 1.807) is 23.5 Å². The molecule has 0 spiro atoms. The second kappa shape index (κ2) is 7.59. The minimum absolute atomic E-state index is 0.0262. The molecule has 2 aromatic rings. The Morgan fingerprint density at radius 3 is 2.52 bits per heavy atom. The summed E-state index contributed by atoms with van der Waals surface area (Å²) in [5, 5.41) is 6.94. The molecule has 0 aliphatic carbocycles. The van der Waals surface area contributed by atoms with Crippen LogP contribution in [0.2, 0.25) is 0 Å². The lowest BCUT2D eigenvalue weighted by molar-refractivity contribution is -0.121. The van der Waals surface area contributed by atoms with Crippen molar-refractivity contribution in [2.75, 3.05) is 7.11 Å². The van der Waals surface area contributed by atoms with Crippen LogP contribution in [0.25, 0.3) is 0 Å². The predicted octanol–water partition coefficient (Wildman–Crippen LogP) is 2.78. The first-order valence-electron chi connectivity index (χ1n) is 6.64. The van der Waals surface area contributed by atoms with Gasteiger partial charge in [0.15, 0.2) is 0 Å². The van der Waals surface area contributed by atoms with Crippen LogP contribution < -0.4 is 5.32 Å². The molecule has 0 saturated carbocycles. The Hall–Kier alpha value is -2.14. The van der Waals surface area contributed by atoms with Crippen LogP contribution in [0.4, 0.5) is 0 Å². The fraction of sp³-hybridized carbons (Fsp3) is 0.250. The minimum atomic E-state index is -0.360. The highest BCUT2D eigenvalue weighted by Crippen LogP contribution is 2.09. The Labute approximate surface area is 127 Å². The molecular weight excluding hydrogens is 286 g/mol. The molecule has 110 valence electrons. The zero-order valence-electron chi connectivity index (χ0n) is 11.8. The van der Waals surface area contributed by atoms with Crippen LogP contribution in [0.15, 0.2) is 41.1 Å². The summed E-state index contributed by atoms with van der Waals surface area (Å²) in [4.78, 5) is 23.0. The summed E-state index contributed by atoms with van der Waals surface area (Å²) < 4.78 is 4.63. The average Bonchev–Trinajstić information content (AvgIpc) is 3.04. The van der Waals surface area contributed by atoms with E-state index >= 15 is 0 Å². The number of ether oxygens (including phenoxy) is 1. The summed E-state index contributed by atoms with van der Waals surface area (Å²) in [7, 11) is 1.35. The summed E-state index contributed by atoms with van der Waals surface area (Å²) in [5.41, 5.74) is 2.65. The van der Waals surface area contributed by atoms with E-state index in [-0.39, 0.29) is 11.9 Å². The predicted molar refractivity (Wildman–Crippen MR) is 82.3 cm³/mol. The second-order valence-electron chi connectivity index (χ2n) is 4.60. The van der Waals surface area contributed by atoms with E-state index in [0.717, 1.165) is 12.0 Å². The van der Waals surface area contributed by atoms with Gasteiger partial charge >= 0.3 is 5.97 Å². The SMILES string of the molecule is COC(=O)c1ccc(CNC(=O)CCc2ccsc2)cc1. The molecule has 1 N–H and O–H groups in total. The second-order valence-corrected chi connectivity index (χ2v) is 5.38. The summed E-state index contributed by atoms with van der Waals surface area (Å²) in [6.45, 7) is 0.462. The molecule has 0 atom stereocenters. The van der Waals surface area contributed by atoms with Crippen LogP contribution in [-0.2, 0) is 22.5 Å². The van der Waals surface area contributed by atoms with Gasteiger partial charge in [0.2, 0.25) is 5.91 Å². The van der Waals surface area contributed by atoms with Gasteiger partial charge in [0, 0.05) is 13.0 Å². The van der Waals surface area contributed by atoms with Gasteiger partial charge in [0.05, 0.1) is 12.7 Å². The molecule has 0 radical (unpaired) electrons. The van der Waals surface area contributed by atoms with Crippen LogP contribution in [0.5, 0.6) is 0 Å². The monoisotopic (exact) mass is 303 g/mol. The van der Waals surface area contributed by atoms with Gasteiger partial charge < -0.3 is 10.1 Å². The van der Waals surface area contributed by atoms with Crippen molar-refractivity contribution in [1.29, 1.82) is 0 Å². The fourth-order valence-corrected chi connectivity index (χ4v) is 2.56. The van der Waals surface area contributed by atoms with Gasteiger partial charge in [-0.2, -0.15) is 11.3 Å². The Morgan fingerprint density at radius 1 is 1.14 bits per heavy atom. The molecule has 5 heteroatoms. The first kappa shape index (κ1) is 15.3. The molecule has 1 aromatic heterocycles. The van der Waals surface area contributed by atoms with Crippen molar-refractivity contribution in [2.45, 2.75) is 19.4 Å². The number of thiophene rings is 1. The summed E-state index contributed by atoms with van der Waals surface area (Å²) in [6.07, 6.45) is 1.24. The van der Waals surface area contributed by atoms with Gasteiger partial charge in [-0.1, -0.05) is 12.1 Å². The van der Waals surface area contributed by atoms with Crippen LogP contribution in [-0.4, -0.2) is 19.0 Å². The van der Waals surface area contributed by atoms with Crippen molar-refractivity contribution in [3.8, 4) is 0 Å². The molecule has 0 unspecified atom stereocenters. The molecule has 0 saturated heterocycles. The van der Waals surface area contributed by atoms with E-state index in [2.05, 4.69) is 15.4 Å². The molecule has 0 fully saturated rings. The number of carbonyl (C=O) groups excluding carboxylic acids is 2. The molecule has 0 aliphatic rings. The molecule has 4 nitrogen and oxygen atoms in total. The van der Waals surface area contributed by atoms with Gasteiger partial charge in [0.1, 0.15) is 0 Å². The third-order valence-corrected chi connectivity index (χ3v) is 3.82. The van der Waals surface area contributed by atoms with Crippen LogP contribution in [0, 0.1) is 0 Å². The largest absolute Gasteiger partial charge is 0.465 e. The number of rotatable bonds is 6. The Morgan fingerprint density at radius 2 is 1.90 bits per heavy atom. The van der Waals surface area contributed by atoms with Gasteiger partial charge in [-0.05, 0) is 46.5 Å². The zero-order valence-corrected chi connectivity index (χ0v) is 12.6. The summed E-state index contributed by atoms with van der Waals surface area (Å²) in [5.74, 6) is -0.334. The highest BCUT2D eigenvalue weighted by atomic mass is 32.1. The summed E-state index contributed by atoms with van der Waals surface area (Å²) >= 11 is 1.64. The van der Waals surface area contributed by atoms with Crippen LogP contribution in [0.3, 0.4) is 0 Å². The molecule has 2 rings (SSSR count). The lowest BCUT2D eigenvalue weighted by atomic mass is 10.1. The topological polar surface area (TPSA) is 55.4 Å². The van der Waals surface area contributed by atoms with E-state index < -0.39 is 0 Å². The molecule has 0 aliphatic heterocycles. The van der Waals surface area contributed by atoms with E-state index in [9.17, 15) is 9.59 Å². The number of aryl methyl sites for hydroxylation is 1. The minimum Gasteiger partial charge on any atom is -0.465 e. The molecule has 0 bridgehead atoms. The number of hydrogen-bond acceptors (Lipinski definition) is 4. The van der Waals surface area contributed by atoms with E-state index in [4.69, 9.17) is 0 Å². The normalized spacial score (nSPS) is 10.1. The van der Waals surface area contributed by atoms with Crippen molar-refractivity contribution >= 4 is 23.2 Å². The number of nitrogens with one attached hydrogen (secondary N) is 1. The number of amides is 1. The Kier molecular flexibility index (Phi) is 5.51. The molecule has 1 aromatic carbocycles. The quantitative estimate of drug-likeness (QED) is 0.835. The Bertz CT molecular complexity index is 590. The standard InChI is InChI=1S/C16H17NO3S/c1-20-16(19)14-5-2-12(3-6-14)10-17-15(18)7-4-13-8-9-21-11-13/h2-3,5-6,8-9,11H,4,7,10H2,1H3,(H,17,18). The zero-order chi connectivity index (χ0) is 15.1. The maximum atomic E-state index is 11.8. The van der Waals surface area contributed by atoms with E-state index in [1.165, 1.54) is 12.7 Å². The van der Waals surface area contributed by atoms with Gasteiger partial charge in [-0.3, -0.25) is 4.79 Å². The third kappa shape index (κ3) is 4.72. The molecule has 1 amide bonds. The van der Waals surface area contributed by atoms with Crippen molar-refractivity contribution in [1.82, 2.24) is 5.32 Å². The van der Waals surface area contributed by atoms with Gasteiger partial charge in [0.25, 0.3) is 0 Å². The fourth-order valence-electron chi connectivity index (χ4n) is 1.86. The van der Waals surface area contributed by atoms with Crippen molar-refractivity contribution in [3.63, 3.8) is 0 Å². The highest BCUT2D eigenvalue weighted by molar-refractivity contribution is 7.07.